The third-order valence-corrected chi connectivity index (χ3v) is 7.71. The summed E-state index contributed by atoms with van der Waals surface area (Å²) in [6.07, 6.45) is 3.33. The predicted molar refractivity (Wildman–Crippen MR) is 87.8 cm³/mol. The second-order valence-electron chi connectivity index (χ2n) is 5.99. The standard InChI is InChI=1S/C15H22N2O4S2/c18-15(16-11-13-3-1-9-21-13)12-5-7-17(8-6-12)23(19,20)14-4-2-10-22-14/h2,4,10,12-13H,1,3,5-9,11H2,(H,16,18). The first-order valence-corrected chi connectivity index (χ1v) is 10.3. The van der Waals surface area contributed by atoms with E-state index < -0.39 is 10.0 Å². The van der Waals surface area contributed by atoms with E-state index >= 15 is 0 Å². The van der Waals surface area contributed by atoms with Gasteiger partial charge in [0.25, 0.3) is 10.0 Å². The second kappa shape index (κ2) is 7.29. The zero-order chi connectivity index (χ0) is 16.3. The highest BCUT2D eigenvalue weighted by molar-refractivity contribution is 7.91. The molecule has 0 radical (unpaired) electrons. The van der Waals surface area contributed by atoms with E-state index in [1.165, 1.54) is 15.6 Å². The Morgan fingerprint density at radius 3 is 2.74 bits per heavy atom. The average Bonchev–Trinajstić information content (AvgIpc) is 3.26. The highest BCUT2D eigenvalue weighted by Gasteiger charge is 2.32. The van der Waals surface area contributed by atoms with Crippen LogP contribution in [0.15, 0.2) is 21.7 Å². The van der Waals surface area contributed by atoms with E-state index in [1.54, 1.807) is 17.5 Å². The lowest BCUT2D eigenvalue weighted by Gasteiger charge is -2.30. The van der Waals surface area contributed by atoms with Crippen molar-refractivity contribution in [3.63, 3.8) is 0 Å². The zero-order valence-corrected chi connectivity index (χ0v) is 14.6. The molecule has 23 heavy (non-hydrogen) atoms. The molecule has 0 aromatic carbocycles. The van der Waals surface area contributed by atoms with E-state index in [1.807, 2.05) is 0 Å². The number of hydrogen-bond acceptors (Lipinski definition) is 5. The number of carbonyl (C=O) groups is 1. The molecule has 6 nitrogen and oxygen atoms in total. The van der Waals surface area contributed by atoms with Gasteiger partial charge in [-0.15, -0.1) is 11.3 Å². The van der Waals surface area contributed by atoms with Crippen LogP contribution < -0.4 is 5.32 Å². The van der Waals surface area contributed by atoms with Gasteiger partial charge in [-0.3, -0.25) is 4.79 Å². The molecule has 0 bridgehead atoms. The number of thiophene rings is 1. The molecule has 0 saturated carbocycles. The Balaban J connectivity index is 1.49. The summed E-state index contributed by atoms with van der Waals surface area (Å²) < 4.78 is 32.2. The molecule has 2 saturated heterocycles. The lowest BCUT2D eigenvalue weighted by molar-refractivity contribution is -0.126. The molecule has 1 aromatic heterocycles. The molecular formula is C15H22N2O4S2. The van der Waals surface area contributed by atoms with Crippen molar-refractivity contribution in [2.45, 2.75) is 36.0 Å². The highest BCUT2D eigenvalue weighted by atomic mass is 32.2. The molecule has 1 unspecified atom stereocenters. The summed E-state index contributed by atoms with van der Waals surface area (Å²) in [7, 11) is -3.39. The number of nitrogens with one attached hydrogen (secondary N) is 1. The van der Waals surface area contributed by atoms with Crippen molar-refractivity contribution in [3.05, 3.63) is 17.5 Å². The van der Waals surface area contributed by atoms with E-state index in [2.05, 4.69) is 5.32 Å². The third-order valence-electron chi connectivity index (χ3n) is 4.44. The summed E-state index contributed by atoms with van der Waals surface area (Å²) in [6.45, 7) is 2.14. The van der Waals surface area contributed by atoms with Gasteiger partial charge in [0.05, 0.1) is 6.10 Å². The quantitative estimate of drug-likeness (QED) is 0.864. The Bertz CT molecular complexity index is 616. The molecule has 8 heteroatoms. The SMILES string of the molecule is O=C(NCC1CCCO1)C1CCN(S(=O)(=O)c2cccs2)CC1. The molecule has 0 spiro atoms. The minimum Gasteiger partial charge on any atom is -0.376 e. The van der Waals surface area contributed by atoms with Crippen LogP contribution in [0.2, 0.25) is 0 Å². The Labute approximate surface area is 140 Å². The van der Waals surface area contributed by atoms with Gasteiger partial charge in [0.2, 0.25) is 5.91 Å². The van der Waals surface area contributed by atoms with Crippen LogP contribution in [0.4, 0.5) is 0 Å². The van der Waals surface area contributed by atoms with Gasteiger partial charge in [0.1, 0.15) is 4.21 Å². The van der Waals surface area contributed by atoms with Crippen LogP contribution in [-0.2, 0) is 19.6 Å². The maximum absolute atomic E-state index is 12.4. The van der Waals surface area contributed by atoms with Gasteiger partial charge in [0, 0.05) is 32.2 Å². The van der Waals surface area contributed by atoms with Gasteiger partial charge in [-0.1, -0.05) is 6.07 Å². The minimum atomic E-state index is -3.39. The topological polar surface area (TPSA) is 75.7 Å². The largest absolute Gasteiger partial charge is 0.376 e. The zero-order valence-electron chi connectivity index (χ0n) is 12.9. The Hall–Kier alpha value is -0.960. The molecule has 2 aliphatic rings. The smallest absolute Gasteiger partial charge is 0.252 e. The number of ether oxygens (including phenoxy) is 1. The maximum atomic E-state index is 12.4. The van der Waals surface area contributed by atoms with Crippen molar-refractivity contribution in [2.24, 2.45) is 5.92 Å². The number of piperidine rings is 1. The van der Waals surface area contributed by atoms with Crippen molar-refractivity contribution < 1.29 is 17.9 Å². The fourth-order valence-corrected chi connectivity index (χ4v) is 5.67. The van der Waals surface area contributed by atoms with Gasteiger partial charge in [-0.05, 0) is 37.1 Å². The van der Waals surface area contributed by atoms with E-state index in [0.29, 0.717) is 36.7 Å². The van der Waals surface area contributed by atoms with E-state index in [0.717, 1.165) is 19.4 Å². The summed E-state index contributed by atoms with van der Waals surface area (Å²) in [6, 6.07) is 3.36. The van der Waals surface area contributed by atoms with Gasteiger partial charge in [-0.25, -0.2) is 8.42 Å². The minimum absolute atomic E-state index is 0.0219. The fraction of sp³-hybridized carbons (Fsp3) is 0.667. The molecule has 1 N–H and O–H groups in total. The monoisotopic (exact) mass is 358 g/mol. The molecule has 1 atom stereocenters. The van der Waals surface area contributed by atoms with Crippen LogP contribution in [-0.4, -0.2) is 51.0 Å². The lowest BCUT2D eigenvalue weighted by atomic mass is 9.97. The number of rotatable bonds is 5. The van der Waals surface area contributed by atoms with Crippen LogP contribution >= 0.6 is 11.3 Å². The molecule has 3 heterocycles. The fourth-order valence-electron chi connectivity index (χ4n) is 3.06. The molecule has 128 valence electrons. The Morgan fingerprint density at radius 1 is 1.35 bits per heavy atom. The van der Waals surface area contributed by atoms with Gasteiger partial charge < -0.3 is 10.1 Å². The first-order valence-electron chi connectivity index (χ1n) is 8.00. The van der Waals surface area contributed by atoms with Crippen molar-refractivity contribution in [1.82, 2.24) is 9.62 Å². The second-order valence-corrected chi connectivity index (χ2v) is 9.10. The molecule has 3 rings (SSSR count). The Morgan fingerprint density at radius 2 is 2.13 bits per heavy atom. The van der Waals surface area contributed by atoms with Crippen molar-refractivity contribution in [2.75, 3.05) is 26.2 Å². The lowest BCUT2D eigenvalue weighted by Crippen LogP contribution is -2.44. The van der Waals surface area contributed by atoms with Crippen molar-refractivity contribution in [3.8, 4) is 0 Å². The number of amides is 1. The number of hydrogen-bond donors (Lipinski definition) is 1. The van der Waals surface area contributed by atoms with Crippen molar-refractivity contribution in [1.29, 1.82) is 0 Å². The molecular weight excluding hydrogens is 336 g/mol. The van der Waals surface area contributed by atoms with Gasteiger partial charge in [0.15, 0.2) is 0 Å². The van der Waals surface area contributed by atoms with Crippen LogP contribution in [0.5, 0.6) is 0 Å². The van der Waals surface area contributed by atoms with E-state index in [-0.39, 0.29) is 17.9 Å². The Kier molecular flexibility index (Phi) is 5.35. The summed E-state index contributed by atoms with van der Waals surface area (Å²) >= 11 is 1.23. The summed E-state index contributed by atoms with van der Waals surface area (Å²) in [5, 5.41) is 4.71. The number of carbonyl (C=O) groups excluding carboxylic acids is 1. The van der Waals surface area contributed by atoms with Crippen molar-refractivity contribution >= 4 is 27.3 Å². The molecule has 0 aliphatic carbocycles. The summed E-state index contributed by atoms with van der Waals surface area (Å²) in [4.78, 5) is 12.2. The summed E-state index contributed by atoms with van der Waals surface area (Å²) in [5.74, 6) is -0.0835. The molecule has 1 amide bonds. The van der Waals surface area contributed by atoms with Crippen LogP contribution in [0.25, 0.3) is 0 Å². The average molecular weight is 358 g/mol. The van der Waals surface area contributed by atoms with Crippen LogP contribution in [0.1, 0.15) is 25.7 Å². The maximum Gasteiger partial charge on any atom is 0.252 e. The molecule has 1 aromatic rings. The molecule has 2 aliphatic heterocycles. The normalized spacial score (nSPS) is 23.9. The first kappa shape index (κ1) is 16.9. The van der Waals surface area contributed by atoms with Crippen LogP contribution in [0, 0.1) is 5.92 Å². The third kappa shape index (κ3) is 3.93. The summed E-state index contributed by atoms with van der Waals surface area (Å²) in [5.41, 5.74) is 0. The molecule has 2 fully saturated rings. The predicted octanol–water partition coefficient (Wildman–Crippen LogP) is 1.44. The number of sulfonamides is 1. The number of nitrogens with zero attached hydrogens (tertiary/aromatic N) is 1. The van der Waals surface area contributed by atoms with E-state index in [9.17, 15) is 13.2 Å². The van der Waals surface area contributed by atoms with Gasteiger partial charge in [-0.2, -0.15) is 4.31 Å². The van der Waals surface area contributed by atoms with Gasteiger partial charge >= 0.3 is 0 Å². The highest BCUT2D eigenvalue weighted by Crippen LogP contribution is 2.26. The first-order chi connectivity index (χ1) is 11.1. The van der Waals surface area contributed by atoms with Crippen LogP contribution in [0.3, 0.4) is 0 Å². The van der Waals surface area contributed by atoms with E-state index in [4.69, 9.17) is 4.74 Å².